The van der Waals surface area contributed by atoms with E-state index in [1.807, 2.05) is 55.5 Å². The van der Waals surface area contributed by atoms with Gasteiger partial charge in [-0.3, -0.25) is 4.79 Å². The highest BCUT2D eigenvalue weighted by atomic mass is 32.1. The van der Waals surface area contributed by atoms with Gasteiger partial charge < -0.3 is 10.1 Å². The molecule has 1 amide bonds. The first kappa shape index (κ1) is 20.7. The van der Waals surface area contributed by atoms with E-state index in [1.165, 1.54) is 16.9 Å². The summed E-state index contributed by atoms with van der Waals surface area (Å²) in [4.78, 5) is 28.6. The second kappa shape index (κ2) is 9.47. The summed E-state index contributed by atoms with van der Waals surface area (Å²) in [6, 6.07) is 15.6. The molecule has 29 heavy (non-hydrogen) atoms. The minimum Gasteiger partial charge on any atom is -0.451 e. The summed E-state index contributed by atoms with van der Waals surface area (Å²) in [7, 11) is 0. The molecule has 1 N–H and O–H groups in total. The molecule has 2 aromatic carbocycles. The highest BCUT2D eigenvalue weighted by Gasteiger charge is 2.15. The van der Waals surface area contributed by atoms with Crippen molar-refractivity contribution in [3.05, 3.63) is 70.7 Å². The van der Waals surface area contributed by atoms with Gasteiger partial charge in [-0.2, -0.15) is 0 Å². The van der Waals surface area contributed by atoms with E-state index < -0.39 is 5.97 Å². The van der Waals surface area contributed by atoms with Crippen molar-refractivity contribution < 1.29 is 14.3 Å². The fourth-order valence-corrected chi connectivity index (χ4v) is 3.52. The highest BCUT2D eigenvalue weighted by molar-refractivity contribution is 7.13. The van der Waals surface area contributed by atoms with E-state index in [2.05, 4.69) is 24.1 Å². The monoisotopic (exact) mass is 408 g/mol. The van der Waals surface area contributed by atoms with Crippen LogP contribution in [0.3, 0.4) is 0 Å². The predicted molar refractivity (Wildman–Crippen MR) is 116 cm³/mol. The van der Waals surface area contributed by atoms with Gasteiger partial charge in [-0.05, 0) is 37.0 Å². The molecule has 0 fully saturated rings. The average molecular weight is 409 g/mol. The Morgan fingerprint density at radius 1 is 1.10 bits per heavy atom. The van der Waals surface area contributed by atoms with Crippen LogP contribution in [0.25, 0.3) is 10.6 Å². The van der Waals surface area contributed by atoms with E-state index in [0.29, 0.717) is 11.6 Å². The van der Waals surface area contributed by atoms with Gasteiger partial charge >= 0.3 is 5.97 Å². The van der Waals surface area contributed by atoms with E-state index >= 15 is 0 Å². The number of hydrogen-bond donors (Lipinski definition) is 1. The van der Waals surface area contributed by atoms with Gasteiger partial charge in [0.2, 0.25) is 0 Å². The van der Waals surface area contributed by atoms with Crippen LogP contribution in [0.1, 0.15) is 47.8 Å². The van der Waals surface area contributed by atoms with Crippen LogP contribution in [-0.4, -0.2) is 23.5 Å². The van der Waals surface area contributed by atoms with Crippen molar-refractivity contribution in [1.29, 1.82) is 0 Å². The zero-order valence-corrected chi connectivity index (χ0v) is 17.6. The lowest BCUT2D eigenvalue weighted by atomic mass is 9.99. The quantitative estimate of drug-likeness (QED) is 0.530. The second-order valence-electron chi connectivity index (χ2n) is 6.96. The predicted octanol–water partition coefficient (Wildman–Crippen LogP) is 5.43. The van der Waals surface area contributed by atoms with Gasteiger partial charge in [0.05, 0.1) is 0 Å². The molecule has 0 saturated carbocycles. The third-order valence-corrected chi connectivity index (χ3v) is 5.61. The first-order valence-corrected chi connectivity index (χ1v) is 10.4. The van der Waals surface area contributed by atoms with Crippen molar-refractivity contribution in [2.24, 2.45) is 0 Å². The van der Waals surface area contributed by atoms with Crippen molar-refractivity contribution in [3.8, 4) is 10.6 Å². The van der Waals surface area contributed by atoms with Crippen LogP contribution in [0.4, 0.5) is 5.69 Å². The summed E-state index contributed by atoms with van der Waals surface area (Å²) in [6.45, 7) is 5.96. The number of benzene rings is 2. The Morgan fingerprint density at radius 3 is 2.45 bits per heavy atom. The summed E-state index contributed by atoms with van der Waals surface area (Å²) in [5.41, 5.74) is 4.21. The summed E-state index contributed by atoms with van der Waals surface area (Å²) < 4.78 is 5.10. The molecule has 6 heteroatoms. The summed E-state index contributed by atoms with van der Waals surface area (Å²) >= 11 is 1.37. The van der Waals surface area contributed by atoms with Crippen molar-refractivity contribution in [2.45, 2.75) is 33.1 Å². The fourth-order valence-electron chi connectivity index (χ4n) is 2.73. The Hall–Kier alpha value is -2.99. The van der Waals surface area contributed by atoms with Crippen molar-refractivity contribution >= 4 is 28.9 Å². The van der Waals surface area contributed by atoms with Gasteiger partial charge in [-0.1, -0.05) is 55.8 Å². The van der Waals surface area contributed by atoms with E-state index in [1.54, 1.807) is 5.38 Å². The highest BCUT2D eigenvalue weighted by Crippen LogP contribution is 2.24. The van der Waals surface area contributed by atoms with Crippen LogP contribution in [0.15, 0.2) is 53.9 Å². The second-order valence-corrected chi connectivity index (χ2v) is 7.82. The molecule has 0 aliphatic carbocycles. The molecule has 0 saturated heterocycles. The standard InChI is InChI=1S/C23H24N2O3S/c1-4-16(3)17-9-11-19(12-10-17)24-21(26)13-28-23(27)20-14-29-22(25-20)18-7-5-15(2)6-8-18/h5-12,14,16H,4,13H2,1-3H3,(H,24,26)/t16-/m0/s1. The van der Waals surface area contributed by atoms with Gasteiger partial charge in [0, 0.05) is 16.6 Å². The molecule has 150 valence electrons. The first-order chi connectivity index (χ1) is 14.0. The lowest BCUT2D eigenvalue weighted by Gasteiger charge is -2.10. The molecule has 0 unspecified atom stereocenters. The zero-order chi connectivity index (χ0) is 20.8. The van der Waals surface area contributed by atoms with Crippen LogP contribution in [-0.2, 0) is 9.53 Å². The SMILES string of the molecule is CC[C@H](C)c1ccc(NC(=O)COC(=O)c2csc(-c3ccc(C)cc3)n2)cc1. The number of aryl methyl sites for hydroxylation is 1. The first-order valence-electron chi connectivity index (χ1n) is 9.55. The van der Waals surface area contributed by atoms with Gasteiger partial charge in [0.1, 0.15) is 5.01 Å². The molecule has 0 aliphatic heterocycles. The number of rotatable bonds is 7. The Kier molecular flexibility index (Phi) is 6.77. The van der Waals surface area contributed by atoms with E-state index in [-0.39, 0.29) is 18.2 Å². The maximum absolute atomic E-state index is 12.2. The number of carbonyl (C=O) groups excluding carboxylic acids is 2. The summed E-state index contributed by atoms with van der Waals surface area (Å²) in [6.07, 6.45) is 1.06. The number of carbonyl (C=O) groups is 2. The van der Waals surface area contributed by atoms with Gasteiger partial charge in [-0.25, -0.2) is 9.78 Å². The third-order valence-electron chi connectivity index (χ3n) is 4.72. The summed E-state index contributed by atoms with van der Waals surface area (Å²) in [5.74, 6) is -0.519. The van der Waals surface area contributed by atoms with E-state index in [4.69, 9.17) is 4.74 Å². The Balaban J connectivity index is 1.52. The number of esters is 1. The van der Waals surface area contributed by atoms with E-state index in [0.717, 1.165) is 22.6 Å². The molecule has 3 rings (SSSR count). The lowest BCUT2D eigenvalue weighted by Crippen LogP contribution is -2.21. The maximum Gasteiger partial charge on any atom is 0.358 e. The topological polar surface area (TPSA) is 68.3 Å². The van der Waals surface area contributed by atoms with Crippen LogP contribution < -0.4 is 5.32 Å². The van der Waals surface area contributed by atoms with Gasteiger partial charge in [0.25, 0.3) is 5.91 Å². The summed E-state index contributed by atoms with van der Waals surface area (Å²) in [5, 5.41) is 5.12. The van der Waals surface area contributed by atoms with Crippen LogP contribution in [0.2, 0.25) is 0 Å². The largest absolute Gasteiger partial charge is 0.451 e. The van der Waals surface area contributed by atoms with Crippen LogP contribution in [0, 0.1) is 6.92 Å². The Labute approximate surface area is 174 Å². The number of thiazole rings is 1. The van der Waals surface area contributed by atoms with Crippen molar-refractivity contribution in [2.75, 3.05) is 11.9 Å². The van der Waals surface area contributed by atoms with E-state index in [9.17, 15) is 9.59 Å². The molecule has 1 heterocycles. The van der Waals surface area contributed by atoms with Crippen molar-refractivity contribution in [1.82, 2.24) is 4.98 Å². The maximum atomic E-state index is 12.2. The molecule has 5 nitrogen and oxygen atoms in total. The smallest absolute Gasteiger partial charge is 0.358 e. The minimum absolute atomic E-state index is 0.205. The normalized spacial score (nSPS) is 11.7. The molecule has 1 atom stereocenters. The average Bonchev–Trinajstić information content (AvgIpc) is 3.23. The number of nitrogens with one attached hydrogen (secondary N) is 1. The molecule has 1 aromatic heterocycles. The molecule has 3 aromatic rings. The number of aromatic nitrogens is 1. The molecule has 0 spiro atoms. The van der Waals surface area contributed by atoms with Crippen LogP contribution >= 0.6 is 11.3 Å². The molecule has 0 bridgehead atoms. The van der Waals surface area contributed by atoms with Gasteiger partial charge in [-0.15, -0.1) is 11.3 Å². The number of amides is 1. The number of hydrogen-bond acceptors (Lipinski definition) is 5. The molecular formula is C23H24N2O3S. The lowest BCUT2D eigenvalue weighted by molar-refractivity contribution is -0.119. The number of anilines is 1. The molecule has 0 radical (unpaired) electrons. The van der Waals surface area contributed by atoms with Crippen molar-refractivity contribution in [3.63, 3.8) is 0 Å². The number of nitrogens with zero attached hydrogens (tertiary/aromatic N) is 1. The Morgan fingerprint density at radius 2 is 1.79 bits per heavy atom. The fraction of sp³-hybridized carbons (Fsp3) is 0.261. The third kappa shape index (κ3) is 5.51. The molecular weight excluding hydrogens is 384 g/mol. The zero-order valence-electron chi connectivity index (χ0n) is 16.8. The Bertz CT molecular complexity index is 978. The number of ether oxygens (including phenoxy) is 1. The van der Waals surface area contributed by atoms with Crippen LogP contribution in [0.5, 0.6) is 0 Å². The minimum atomic E-state index is -0.609. The molecule has 0 aliphatic rings. The van der Waals surface area contributed by atoms with Gasteiger partial charge in [0.15, 0.2) is 12.3 Å².